The Bertz CT molecular complexity index is 405. The Balaban J connectivity index is 1.98. The normalized spacial score (nSPS) is 20.2. The number of rotatable bonds is 3. The molecular weight excluding hydrogens is 222 g/mol. The van der Waals surface area contributed by atoms with Gasteiger partial charge >= 0.3 is 0 Å². The van der Waals surface area contributed by atoms with Gasteiger partial charge in [-0.15, -0.1) is 0 Å². The van der Waals surface area contributed by atoms with Crippen LogP contribution >= 0.6 is 0 Å². The molecule has 1 aromatic heterocycles. The van der Waals surface area contributed by atoms with E-state index in [2.05, 4.69) is 22.9 Å². The van der Waals surface area contributed by atoms with Crippen LogP contribution in [-0.4, -0.2) is 18.1 Å². The van der Waals surface area contributed by atoms with E-state index >= 15 is 0 Å². The summed E-state index contributed by atoms with van der Waals surface area (Å²) < 4.78 is 0. The summed E-state index contributed by atoms with van der Waals surface area (Å²) in [6, 6.07) is 5.94. The van der Waals surface area contributed by atoms with Gasteiger partial charge in [0.05, 0.1) is 5.56 Å². The topological polar surface area (TPSA) is 39.9 Å². The quantitative estimate of drug-likeness (QED) is 0.817. The minimum Gasteiger partial charge on any atom is -0.357 e. The third-order valence-corrected chi connectivity index (χ3v) is 3.75. The average molecular weight is 243 g/mol. The van der Waals surface area contributed by atoms with E-state index in [0.717, 1.165) is 24.8 Å². The number of aromatic nitrogens is 1. The lowest BCUT2D eigenvalue weighted by Crippen LogP contribution is -2.25. The van der Waals surface area contributed by atoms with Crippen LogP contribution in [0.15, 0.2) is 18.3 Å². The average Bonchev–Trinajstić information content (AvgIpc) is 2.65. The van der Waals surface area contributed by atoms with Gasteiger partial charge in [0.15, 0.2) is 0 Å². The van der Waals surface area contributed by atoms with Crippen LogP contribution in [0, 0.1) is 17.2 Å². The van der Waals surface area contributed by atoms with E-state index in [-0.39, 0.29) is 0 Å². The van der Waals surface area contributed by atoms with Gasteiger partial charge < -0.3 is 4.90 Å². The van der Waals surface area contributed by atoms with Gasteiger partial charge in [-0.2, -0.15) is 5.26 Å². The van der Waals surface area contributed by atoms with E-state index in [1.54, 1.807) is 6.20 Å². The van der Waals surface area contributed by atoms with Crippen molar-refractivity contribution in [2.75, 3.05) is 18.0 Å². The molecule has 2 rings (SSSR count). The van der Waals surface area contributed by atoms with Crippen LogP contribution < -0.4 is 4.90 Å². The standard InChI is InChI=1S/C15H21N3/c1-2-4-13-5-3-9-18(10-8-13)15-7-6-14(11-16)12-17-15/h6-7,12-13H,2-5,8-10H2,1H3. The fourth-order valence-electron chi connectivity index (χ4n) is 2.73. The molecule has 1 atom stereocenters. The molecule has 1 saturated heterocycles. The molecule has 96 valence electrons. The SMILES string of the molecule is CCCC1CCCN(c2ccc(C#N)cn2)CC1. The lowest BCUT2D eigenvalue weighted by molar-refractivity contribution is 0.435. The van der Waals surface area contributed by atoms with Gasteiger partial charge in [-0.1, -0.05) is 19.8 Å². The van der Waals surface area contributed by atoms with Gasteiger partial charge in [0.1, 0.15) is 11.9 Å². The van der Waals surface area contributed by atoms with Gasteiger partial charge in [-0.25, -0.2) is 4.98 Å². The van der Waals surface area contributed by atoms with Crippen molar-refractivity contribution in [2.45, 2.75) is 39.0 Å². The van der Waals surface area contributed by atoms with Crippen LogP contribution in [0.1, 0.15) is 44.6 Å². The first-order valence-electron chi connectivity index (χ1n) is 6.94. The summed E-state index contributed by atoms with van der Waals surface area (Å²) in [6.07, 6.45) is 8.20. The Kier molecular flexibility index (Phi) is 4.58. The molecule has 0 bridgehead atoms. The second-order valence-electron chi connectivity index (χ2n) is 5.09. The van der Waals surface area contributed by atoms with Crippen LogP contribution in [0.25, 0.3) is 0 Å². The number of nitriles is 1. The van der Waals surface area contributed by atoms with Gasteiger partial charge in [0.2, 0.25) is 0 Å². The Hall–Kier alpha value is -1.56. The van der Waals surface area contributed by atoms with Crippen LogP contribution in [0.4, 0.5) is 5.82 Å². The van der Waals surface area contributed by atoms with Crippen molar-refractivity contribution in [1.82, 2.24) is 4.98 Å². The monoisotopic (exact) mass is 243 g/mol. The van der Waals surface area contributed by atoms with Crippen LogP contribution in [-0.2, 0) is 0 Å². The van der Waals surface area contributed by atoms with Gasteiger partial charge in [-0.05, 0) is 37.3 Å². The highest BCUT2D eigenvalue weighted by molar-refractivity contribution is 5.41. The molecule has 1 unspecified atom stereocenters. The highest BCUT2D eigenvalue weighted by atomic mass is 15.2. The number of hydrogen-bond donors (Lipinski definition) is 0. The molecule has 3 nitrogen and oxygen atoms in total. The predicted octanol–water partition coefficient (Wildman–Crippen LogP) is 3.36. The molecule has 0 saturated carbocycles. The maximum atomic E-state index is 8.77. The van der Waals surface area contributed by atoms with Gasteiger partial charge in [-0.3, -0.25) is 0 Å². The molecule has 1 fully saturated rings. The van der Waals surface area contributed by atoms with E-state index in [1.165, 1.54) is 32.1 Å². The lowest BCUT2D eigenvalue weighted by atomic mass is 9.96. The molecule has 0 N–H and O–H groups in total. The summed E-state index contributed by atoms with van der Waals surface area (Å²) >= 11 is 0. The molecule has 0 aromatic carbocycles. The summed E-state index contributed by atoms with van der Waals surface area (Å²) in [6.45, 7) is 4.47. The predicted molar refractivity (Wildman–Crippen MR) is 73.4 cm³/mol. The minimum absolute atomic E-state index is 0.637. The Morgan fingerprint density at radius 3 is 2.94 bits per heavy atom. The van der Waals surface area contributed by atoms with Crippen molar-refractivity contribution in [3.8, 4) is 6.07 Å². The van der Waals surface area contributed by atoms with Crippen LogP contribution in [0.2, 0.25) is 0 Å². The van der Waals surface area contributed by atoms with E-state index in [1.807, 2.05) is 12.1 Å². The molecule has 0 spiro atoms. The fourth-order valence-corrected chi connectivity index (χ4v) is 2.73. The number of anilines is 1. The summed E-state index contributed by atoms with van der Waals surface area (Å²) in [7, 11) is 0. The van der Waals surface area contributed by atoms with Crippen molar-refractivity contribution in [1.29, 1.82) is 5.26 Å². The lowest BCUT2D eigenvalue weighted by Gasteiger charge is -2.21. The molecule has 0 radical (unpaired) electrons. The molecular formula is C15H21N3. The largest absolute Gasteiger partial charge is 0.357 e. The summed E-state index contributed by atoms with van der Waals surface area (Å²) in [5.74, 6) is 1.91. The van der Waals surface area contributed by atoms with E-state index in [0.29, 0.717) is 5.56 Å². The summed E-state index contributed by atoms with van der Waals surface area (Å²) in [5, 5.41) is 8.77. The van der Waals surface area contributed by atoms with Crippen molar-refractivity contribution in [2.24, 2.45) is 5.92 Å². The van der Waals surface area contributed by atoms with Crippen molar-refractivity contribution < 1.29 is 0 Å². The second-order valence-corrected chi connectivity index (χ2v) is 5.09. The van der Waals surface area contributed by atoms with E-state index < -0.39 is 0 Å². The summed E-state index contributed by atoms with van der Waals surface area (Å²) in [5.41, 5.74) is 0.637. The Morgan fingerprint density at radius 1 is 1.39 bits per heavy atom. The third-order valence-electron chi connectivity index (χ3n) is 3.75. The van der Waals surface area contributed by atoms with E-state index in [4.69, 9.17) is 5.26 Å². The molecule has 1 aliphatic heterocycles. The van der Waals surface area contributed by atoms with Gasteiger partial charge in [0.25, 0.3) is 0 Å². The zero-order valence-corrected chi connectivity index (χ0v) is 11.1. The molecule has 2 heterocycles. The second kappa shape index (κ2) is 6.39. The Labute approximate surface area is 109 Å². The molecule has 1 aromatic rings. The van der Waals surface area contributed by atoms with Crippen molar-refractivity contribution in [3.05, 3.63) is 23.9 Å². The molecule has 1 aliphatic rings. The number of nitrogens with zero attached hydrogens (tertiary/aromatic N) is 3. The first-order chi connectivity index (χ1) is 8.83. The third kappa shape index (κ3) is 3.22. The number of hydrogen-bond acceptors (Lipinski definition) is 3. The molecule has 0 amide bonds. The minimum atomic E-state index is 0.637. The molecule has 18 heavy (non-hydrogen) atoms. The van der Waals surface area contributed by atoms with Crippen molar-refractivity contribution >= 4 is 5.82 Å². The van der Waals surface area contributed by atoms with E-state index in [9.17, 15) is 0 Å². The molecule has 0 aliphatic carbocycles. The summed E-state index contributed by atoms with van der Waals surface area (Å²) in [4.78, 5) is 6.75. The maximum absolute atomic E-state index is 8.77. The van der Waals surface area contributed by atoms with Gasteiger partial charge in [0, 0.05) is 19.3 Å². The maximum Gasteiger partial charge on any atom is 0.128 e. The first-order valence-corrected chi connectivity index (χ1v) is 6.94. The van der Waals surface area contributed by atoms with Crippen molar-refractivity contribution in [3.63, 3.8) is 0 Å². The zero-order valence-electron chi connectivity index (χ0n) is 11.1. The zero-order chi connectivity index (χ0) is 12.8. The highest BCUT2D eigenvalue weighted by Crippen LogP contribution is 2.24. The van der Waals surface area contributed by atoms with Crippen LogP contribution in [0.3, 0.4) is 0 Å². The number of pyridine rings is 1. The molecule has 3 heteroatoms. The Morgan fingerprint density at radius 2 is 2.28 bits per heavy atom. The first kappa shape index (κ1) is 12.9. The highest BCUT2D eigenvalue weighted by Gasteiger charge is 2.17. The van der Waals surface area contributed by atoms with Crippen LogP contribution in [0.5, 0.6) is 0 Å². The fraction of sp³-hybridized carbons (Fsp3) is 0.600. The smallest absolute Gasteiger partial charge is 0.128 e.